The Morgan fingerprint density at radius 3 is 3.00 bits per heavy atom. The summed E-state index contributed by atoms with van der Waals surface area (Å²) in [6.07, 6.45) is 2.28. The third-order valence-electron chi connectivity index (χ3n) is 3.20. The van der Waals surface area contributed by atoms with E-state index in [1.54, 1.807) is 0 Å². The fraction of sp³-hybridized carbons (Fsp3) is 0.692. The summed E-state index contributed by atoms with van der Waals surface area (Å²) in [5, 5.41) is 3.03. The molecule has 0 aliphatic carbocycles. The summed E-state index contributed by atoms with van der Waals surface area (Å²) in [4.78, 5) is 10.3. The standard InChI is InChI=1S/C13H21FN4S/c1-4-15-12-16-9-10(14)11(17-12)18-6-5-13(2,3)19-8-7-18/h9H,4-8H2,1-3H3,(H,15,16,17). The van der Waals surface area contributed by atoms with Crippen molar-refractivity contribution in [3.63, 3.8) is 0 Å². The number of aromatic nitrogens is 2. The van der Waals surface area contributed by atoms with Crippen molar-refractivity contribution in [3.05, 3.63) is 12.0 Å². The molecule has 0 aromatic carbocycles. The number of hydrogen-bond acceptors (Lipinski definition) is 5. The van der Waals surface area contributed by atoms with E-state index in [-0.39, 0.29) is 10.6 Å². The molecule has 1 aromatic rings. The second kappa shape index (κ2) is 5.94. The van der Waals surface area contributed by atoms with E-state index >= 15 is 0 Å². The molecule has 2 heterocycles. The van der Waals surface area contributed by atoms with Crippen LogP contribution in [0.2, 0.25) is 0 Å². The summed E-state index contributed by atoms with van der Waals surface area (Å²) in [5.74, 6) is 1.57. The van der Waals surface area contributed by atoms with Crippen molar-refractivity contribution in [2.75, 3.05) is 35.6 Å². The highest BCUT2D eigenvalue weighted by atomic mass is 32.2. The zero-order valence-corrected chi connectivity index (χ0v) is 12.6. The Hall–Kier alpha value is -1.04. The van der Waals surface area contributed by atoms with Gasteiger partial charge in [0.05, 0.1) is 6.20 Å². The third kappa shape index (κ3) is 3.72. The van der Waals surface area contributed by atoms with Crippen LogP contribution in [0.15, 0.2) is 6.20 Å². The molecular weight excluding hydrogens is 263 g/mol. The van der Waals surface area contributed by atoms with Crippen molar-refractivity contribution in [2.24, 2.45) is 0 Å². The van der Waals surface area contributed by atoms with E-state index in [1.807, 2.05) is 23.6 Å². The van der Waals surface area contributed by atoms with Crippen LogP contribution in [0.5, 0.6) is 0 Å². The van der Waals surface area contributed by atoms with Gasteiger partial charge in [-0.3, -0.25) is 0 Å². The summed E-state index contributed by atoms with van der Waals surface area (Å²) >= 11 is 1.94. The maximum absolute atomic E-state index is 13.9. The van der Waals surface area contributed by atoms with Gasteiger partial charge in [-0.2, -0.15) is 16.7 Å². The first kappa shape index (κ1) is 14.4. The Bertz CT molecular complexity index is 439. The molecular formula is C13H21FN4S. The summed E-state index contributed by atoms with van der Waals surface area (Å²) < 4.78 is 14.2. The summed E-state index contributed by atoms with van der Waals surface area (Å²) in [6.45, 7) is 8.83. The Balaban J connectivity index is 2.18. The lowest BCUT2D eigenvalue weighted by molar-refractivity contribution is 0.589. The molecule has 1 N–H and O–H groups in total. The molecule has 1 fully saturated rings. The van der Waals surface area contributed by atoms with Gasteiger partial charge in [-0.05, 0) is 13.3 Å². The predicted molar refractivity (Wildman–Crippen MR) is 79.5 cm³/mol. The quantitative estimate of drug-likeness (QED) is 0.924. The Morgan fingerprint density at radius 1 is 1.47 bits per heavy atom. The fourth-order valence-electron chi connectivity index (χ4n) is 2.06. The van der Waals surface area contributed by atoms with Crippen LogP contribution in [0.1, 0.15) is 27.2 Å². The molecule has 2 rings (SSSR count). The number of thioether (sulfide) groups is 1. The molecule has 0 radical (unpaired) electrons. The van der Waals surface area contributed by atoms with Crippen LogP contribution in [0.25, 0.3) is 0 Å². The summed E-state index contributed by atoms with van der Waals surface area (Å²) in [5.41, 5.74) is 0. The minimum absolute atomic E-state index is 0.253. The highest BCUT2D eigenvalue weighted by molar-refractivity contribution is 8.00. The van der Waals surface area contributed by atoms with Crippen LogP contribution >= 0.6 is 11.8 Å². The molecule has 4 nitrogen and oxygen atoms in total. The second-order valence-corrected chi connectivity index (χ2v) is 7.04. The highest BCUT2D eigenvalue weighted by Crippen LogP contribution is 2.32. The van der Waals surface area contributed by atoms with Crippen LogP contribution in [0.3, 0.4) is 0 Å². The van der Waals surface area contributed by atoms with E-state index in [2.05, 4.69) is 29.1 Å². The smallest absolute Gasteiger partial charge is 0.224 e. The van der Waals surface area contributed by atoms with Crippen LogP contribution in [-0.4, -0.2) is 40.1 Å². The van der Waals surface area contributed by atoms with E-state index in [0.717, 1.165) is 31.8 Å². The van der Waals surface area contributed by atoms with E-state index < -0.39 is 0 Å². The van der Waals surface area contributed by atoms with Gasteiger partial charge in [-0.15, -0.1) is 0 Å². The average molecular weight is 284 g/mol. The molecule has 0 saturated carbocycles. The molecule has 0 amide bonds. The molecule has 0 bridgehead atoms. The van der Waals surface area contributed by atoms with E-state index in [1.165, 1.54) is 6.20 Å². The first-order valence-electron chi connectivity index (χ1n) is 6.67. The van der Waals surface area contributed by atoms with Crippen LogP contribution < -0.4 is 10.2 Å². The first-order chi connectivity index (χ1) is 9.02. The zero-order valence-electron chi connectivity index (χ0n) is 11.7. The van der Waals surface area contributed by atoms with Crippen molar-refractivity contribution in [3.8, 4) is 0 Å². The number of halogens is 1. The Labute approximate surface area is 118 Å². The molecule has 1 aromatic heterocycles. The minimum Gasteiger partial charge on any atom is -0.354 e. The van der Waals surface area contributed by atoms with E-state index in [9.17, 15) is 4.39 Å². The number of rotatable bonds is 3. The minimum atomic E-state index is -0.341. The Kier molecular flexibility index (Phi) is 4.50. The van der Waals surface area contributed by atoms with Gasteiger partial charge in [-0.25, -0.2) is 9.37 Å². The number of nitrogens with one attached hydrogen (secondary N) is 1. The van der Waals surface area contributed by atoms with Gasteiger partial charge in [0.15, 0.2) is 11.6 Å². The van der Waals surface area contributed by atoms with Gasteiger partial charge in [0.2, 0.25) is 5.95 Å². The molecule has 0 atom stereocenters. The lowest BCUT2D eigenvalue weighted by Crippen LogP contribution is -2.29. The third-order valence-corrected chi connectivity index (χ3v) is 4.57. The molecule has 106 valence electrons. The predicted octanol–water partition coefficient (Wildman–Crippen LogP) is 2.77. The first-order valence-corrected chi connectivity index (χ1v) is 7.66. The van der Waals surface area contributed by atoms with Crippen molar-refractivity contribution in [1.82, 2.24) is 9.97 Å². The molecule has 19 heavy (non-hydrogen) atoms. The van der Waals surface area contributed by atoms with Crippen LogP contribution in [0.4, 0.5) is 16.2 Å². The monoisotopic (exact) mass is 284 g/mol. The number of anilines is 2. The average Bonchev–Trinajstić information content (AvgIpc) is 2.53. The molecule has 1 saturated heterocycles. The van der Waals surface area contributed by atoms with Gasteiger partial charge >= 0.3 is 0 Å². The van der Waals surface area contributed by atoms with Crippen LogP contribution in [-0.2, 0) is 0 Å². The SMILES string of the molecule is CCNc1ncc(F)c(N2CCSC(C)(C)CC2)n1. The second-order valence-electron chi connectivity index (χ2n) is 5.24. The van der Waals surface area contributed by atoms with Gasteiger partial charge in [0.25, 0.3) is 0 Å². The van der Waals surface area contributed by atoms with E-state index in [4.69, 9.17) is 0 Å². The summed E-state index contributed by atoms with van der Waals surface area (Å²) in [6, 6.07) is 0. The summed E-state index contributed by atoms with van der Waals surface area (Å²) in [7, 11) is 0. The Morgan fingerprint density at radius 2 is 2.26 bits per heavy atom. The normalized spacial score (nSPS) is 19.1. The molecule has 1 aliphatic rings. The van der Waals surface area contributed by atoms with Gasteiger partial charge in [-0.1, -0.05) is 13.8 Å². The maximum atomic E-state index is 13.9. The molecule has 1 aliphatic heterocycles. The maximum Gasteiger partial charge on any atom is 0.224 e. The zero-order chi connectivity index (χ0) is 13.9. The van der Waals surface area contributed by atoms with Crippen LogP contribution in [0, 0.1) is 5.82 Å². The molecule has 0 spiro atoms. The van der Waals surface area contributed by atoms with Crippen molar-refractivity contribution >= 4 is 23.5 Å². The highest BCUT2D eigenvalue weighted by Gasteiger charge is 2.25. The van der Waals surface area contributed by atoms with Gasteiger partial charge in [0, 0.05) is 30.1 Å². The lowest BCUT2D eigenvalue weighted by Gasteiger charge is -2.23. The van der Waals surface area contributed by atoms with E-state index in [0.29, 0.717) is 11.8 Å². The molecule has 6 heteroatoms. The fourth-order valence-corrected chi connectivity index (χ4v) is 3.16. The van der Waals surface area contributed by atoms with Crippen molar-refractivity contribution < 1.29 is 4.39 Å². The number of nitrogens with zero attached hydrogens (tertiary/aromatic N) is 3. The van der Waals surface area contributed by atoms with Gasteiger partial charge < -0.3 is 10.2 Å². The van der Waals surface area contributed by atoms with Gasteiger partial charge in [0.1, 0.15) is 0 Å². The van der Waals surface area contributed by atoms with Crippen molar-refractivity contribution in [2.45, 2.75) is 31.9 Å². The van der Waals surface area contributed by atoms with Crippen molar-refractivity contribution in [1.29, 1.82) is 0 Å². The molecule has 0 unspecified atom stereocenters. The topological polar surface area (TPSA) is 41.1 Å². The number of hydrogen-bond donors (Lipinski definition) is 1. The lowest BCUT2D eigenvalue weighted by atomic mass is 10.1. The largest absolute Gasteiger partial charge is 0.354 e.